The van der Waals surface area contributed by atoms with Gasteiger partial charge in [0, 0.05) is 6.54 Å². The van der Waals surface area contributed by atoms with Crippen molar-refractivity contribution in [3.05, 3.63) is 24.3 Å². The van der Waals surface area contributed by atoms with Gasteiger partial charge in [-0.2, -0.15) is 0 Å². The average Bonchev–Trinajstić information content (AvgIpc) is 2.19. The molecule has 0 amide bonds. The predicted octanol–water partition coefficient (Wildman–Crippen LogP) is 1.84. The number of hydrogen-bond donors (Lipinski definition) is 1. The molecule has 0 fully saturated rings. The van der Waals surface area contributed by atoms with Crippen molar-refractivity contribution < 1.29 is 8.42 Å². The van der Waals surface area contributed by atoms with Gasteiger partial charge in [-0.15, -0.1) is 0 Å². The van der Waals surface area contributed by atoms with Crippen molar-refractivity contribution in [1.82, 2.24) is 4.72 Å². The highest BCUT2D eigenvalue weighted by Gasteiger charge is 2.41. The highest BCUT2D eigenvalue weighted by molar-refractivity contribution is 7.91. The summed E-state index contributed by atoms with van der Waals surface area (Å²) in [5, 5.41) is 0. The first-order valence-electron chi connectivity index (χ1n) is 5.29. The number of hydrogen-bond acceptors (Lipinski definition) is 2. The molecule has 0 spiro atoms. The number of rotatable bonds is 4. The molecule has 0 aromatic carbocycles. The Morgan fingerprint density at radius 2 is 2.07 bits per heavy atom. The lowest BCUT2D eigenvalue weighted by atomic mass is 9.91. The van der Waals surface area contributed by atoms with Crippen LogP contribution in [0.4, 0.5) is 0 Å². The molecule has 2 unspecified atom stereocenters. The third-order valence-electron chi connectivity index (χ3n) is 2.96. The molecule has 0 saturated heterocycles. The minimum Gasteiger partial charge on any atom is -0.214 e. The van der Waals surface area contributed by atoms with E-state index < -0.39 is 14.8 Å². The summed E-state index contributed by atoms with van der Waals surface area (Å²) in [6.45, 7) is 6.13. The normalized spacial score (nSPS) is 30.7. The molecule has 1 aliphatic carbocycles. The summed E-state index contributed by atoms with van der Waals surface area (Å²) in [5.74, 6) is -0.00291. The summed E-state index contributed by atoms with van der Waals surface area (Å²) in [4.78, 5) is 0. The Kier molecular flexibility index (Phi) is 3.73. The standard InChI is InChI=1S/C11H19NO2S/c1-4-9-12-15(13,14)11(3)8-6-5-7-10(11)2/h5-8,10,12H,4,9H2,1-3H3. The summed E-state index contributed by atoms with van der Waals surface area (Å²) in [6, 6.07) is 0. The van der Waals surface area contributed by atoms with Crippen LogP contribution in [-0.2, 0) is 10.0 Å². The Balaban J connectivity index is 2.94. The van der Waals surface area contributed by atoms with E-state index in [1.54, 1.807) is 19.1 Å². The van der Waals surface area contributed by atoms with Crippen LogP contribution >= 0.6 is 0 Å². The zero-order valence-corrected chi connectivity index (χ0v) is 10.3. The van der Waals surface area contributed by atoms with E-state index in [2.05, 4.69) is 4.72 Å². The zero-order chi connectivity index (χ0) is 11.5. The van der Waals surface area contributed by atoms with Gasteiger partial charge in [0.05, 0.1) is 0 Å². The summed E-state index contributed by atoms with van der Waals surface area (Å²) in [5.41, 5.74) is 0. The van der Waals surface area contributed by atoms with E-state index in [9.17, 15) is 8.42 Å². The highest BCUT2D eigenvalue weighted by Crippen LogP contribution is 2.31. The van der Waals surface area contributed by atoms with Gasteiger partial charge in [-0.25, -0.2) is 13.1 Å². The molecule has 0 bridgehead atoms. The van der Waals surface area contributed by atoms with Crippen LogP contribution in [0, 0.1) is 5.92 Å². The maximum Gasteiger partial charge on any atom is 0.221 e. The van der Waals surface area contributed by atoms with Crippen molar-refractivity contribution in [2.45, 2.75) is 31.9 Å². The molecule has 1 N–H and O–H groups in total. The highest BCUT2D eigenvalue weighted by atomic mass is 32.2. The van der Waals surface area contributed by atoms with Gasteiger partial charge in [-0.1, -0.05) is 38.2 Å². The fraction of sp³-hybridized carbons (Fsp3) is 0.636. The Morgan fingerprint density at radius 1 is 1.40 bits per heavy atom. The smallest absolute Gasteiger partial charge is 0.214 e. The van der Waals surface area contributed by atoms with Crippen molar-refractivity contribution in [3.63, 3.8) is 0 Å². The second-order valence-corrected chi connectivity index (χ2v) is 6.29. The zero-order valence-electron chi connectivity index (χ0n) is 9.53. The molecule has 0 heterocycles. The van der Waals surface area contributed by atoms with Crippen molar-refractivity contribution in [3.8, 4) is 0 Å². The third kappa shape index (κ3) is 2.32. The second-order valence-electron chi connectivity index (χ2n) is 4.11. The third-order valence-corrected chi connectivity index (χ3v) is 5.21. The maximum atomic E-state index is 12.1. The first kappa shape index (κ1) is 12.5. The van der Waals surface area contributed by atoms with E-state index >= 15 is 0 Å². The molecular weight excluding hydrogens is 210 g/mol. The lowest BCUT2D eigenvalue weighted by Crippen LogP contribution is -2.47. The summed E-state index contributed by atoms with van der Waals surface area (Å²) < 4.78 is 26.0. The van der Waals surface area contributed by atoms with E-state index in [0.717, 1.165) is 6.42 Å². The van der Waals surface area contributed by atoms with Crippen LogP contribution in [0.2, 0.25) is 0 Å². The average molecular weight is 229 g/mol. The van der Waals surface area contributed by atoms with Gasteiger partial charge in [-0.3, -0.25) is 0 Å². The van der Waals surface area contributed by atoms with Gasteiger partial charge in [0.2, 0.25) is 10.0 Å². The fourth-order valence-corrected chi connectivity index (χ4v) is 3.16. The number of sulfonamides is 1. The number of nitrogens with one attached hydrogen (secondary N) is 1. The number of allylic oxidation sites excluding steroid dienone is 3. The SMILES string of the molecule is CCCNS(=O)(=O)C1(C)C=CC=CC1C. The van der Waals surface area contributed by atoms with Crippen LogP contribution in [-0.4, -0.2) is 19.7 Å². The van der Waals surface area contributed by atoms with Crippen LogP contribution < -0.4 is 4.72 Å². The van der Waals surface area contributed by atoms with Crippen LogP contribution in [0.3, 0.4) is 0 Å². The molecule has 1 rings (SSSR count). The summed E-state index contributed by atoms with van der Waals surface area (Å²) in [7, 11) is -3.28. The van der Waals surface area contributed by atoms with Gasteiger partial charge >= 0.3 is 0 Å². The largest absolute Gasteiger partial charge is 0.221 e. The Labute approximate surface area is 92.3 Å². The van der Waals surface area contributed by atoms with Gasteiger partial charge in [0.1, 0.15) is 4.75 Å². The van der Waals surface area contributed by atoms with E-state index in [0.29, 0.717) is 6.54 Å². The maximum absolute atomic E-state index is 12.1. The van der Waals surface area contributed by atoms with Crippen molar-refractivity contribution in [1.29, 1.82) is 0 Å². The topological polar surface area (TPSA) is 46.2 Å². The molecule has 86 valence electrons. The van der Waals surface area contributed by atoms with E-state index in [1.165, 1.54) is 0 Å². The molecule has 15 heavy (non-hydrogen) atoms. The minimum absolute atomic E-state index is 0.00291. The Morgan fingerprint density at radius 3 is 2.60 bits per heavy atom. The first-order chi connectivity index (χ1) is 6.94. The molecule has 4 heteroatoms. The molecule has 1 aliphatic rings. The van der Waals surface area contributed by atoms with E-state index in [4.69, 9.17) is 0 Å². The fourth-order valence-electron chi connectivity index (χ4n) is 1.55. The van der Waals surface area contributed by atoms with Gasteiger partial charge in [0.15, 0.2) is 0 Å². The molecule has 0 aliphatic heterocycles. The first-order valence-corrected chi connectivity index (χ1v) is 6.77. The van der Waals surface area contributed by atoms with Crippen LogP contribution in [0.1, 0.15) is 27.2 Å². The monoisotopic (exact) mass is 229 g/mol. The Hall–Kier alpha value is -0.610. The molecule has 0 radical (unpaired) electrons. The molecule has 0 aromatic rings. The predicted molar refractivity (Wildman–Crippen MR) is 63.1 cm³/mol. The van der Waals surface area contributed by atoms with Crippen molar-refractivity contribution in [2.24, 2.45) is 5.92 Å². The summed E-state index contributed by atoms with van der Waals surface area (Å²) >= 11 is 0. The van der Waals surface area contributed by atoms with Gasteiger partial charge < -0.3 is 0 Å². The van der Waals surface area contributed by atoms with Crippen LogP contribution in [0.5, 0.6) is 0 Å². The molecule has 3 nitrogen and oxygen atoms in total. The van der Waals surface area contributed by atoms with Crippen LogP contribution in [0.15, 0.2) is 24.3 Å². The van der Waals surface area contributed by atoms with E-state index in [1.807, 2.05) is 26.0 Å². The minimum atomic E-state index is -3.28. The lowest BCUT2D eigenvalue weighted by Gasteiger charge is -2.32. The molecular formula is C11H19NO2S. The summed E-state index contributed by atoms with van der Waals surface area (Å²) in [6.07, 6.45) is 8.18. The van der Waals surface area contributed by atoms with Gasteiger partial charge in [-0.05, 0) is 19.3 Å². The van der Waals surface area contributed by atoms with Crippen molar-refractivity contribution >= 4 is 10.0 Å². The molecule has 0 aromatic heterocycles. The Bertz CT molecular complexity index is 370. The lowest BCUT2D eigenvalue weighted by molar-refractivity contribution is 0.502. The molecule has 0 saturated carbocycles. The van der Waals surface area contributed by atoms with E-state index in [-0.39, 0.29) is 5.92 Å². The van der Waals surface area contributed by atoms with Crippen LogP contribution in [0.25, 0.3) is 0 Å². The van der Waals surface area contributed by atoms with Crippen molar-refractivity contribution in [2.75, 3.05) is 6.54 Å². The molecule has 2 atom stereocenters. The quantitative estimate of drug-likeness (QED) is 0.799. The second kappa shape index (κ2) is 4.49. The van der Waals surface area contributed by atoms with Gasteiger partial charge in [0.25, 0.3) is 0 Å².